The molecule has 192 valence electrons. The van der Waals surface area contributed by atoms with Crippen molar-refractivity contribution in [3.63, 3.8) is 0 Å². The third-order valence-electron chi connectivity index (χ3n) is 5.37. The molecule has 0 aliphatic heterocycles. The molecule has 0 radical (unpaired) electrons. The summed E-state index contributed by atoms with van der Waals surface area (Å²) in [7, 11) is -3.57. The lowest BCUT2D eigenvalue weighted by molar-refractivity contribution is -0.140. The van der Waals surface area contributed by atoms with Crippen molar-refractivity contribution < 1.29 is 18.0 Å². The first-order valence-electron chi connectivity index (χ1n) is 11.4. The fraction of sp³-hybridized carbons (Fsp3) is 0.440. The molecule has 2 aromatic rings. The summed E-state index contributed by atoms with van der Waals surface area (Å²) in [6.45, 7) is 6.62. The molecule has 1 N–H and O–H groups in total. The molecule has 0 spiro atoms. The van der Waals surface area contributed by atoms with Crippen LogP contribution in [0.4, 0.5) is 5.69 Å². The van der Waals surface area contributed by atoms with Crippen molar-refractivity contribution in [1.82, 2.24) is 10.2 Å². The van der Waals surface area contributed by atoms with Crippen LogP contribution in [0.15, 0.2) is 53.0 Å². The van der Waals surface area contributed by atoms with E-state index in [-0.39, 0.29) is 43.7 Å². The van der Waals surface area contributed by atoms with Crippen LogP contribution in [0.2, 0.25) is 5.02 Å². The second kappa shape index (κ2) is 13.3. The van der Waals surface area contributed by atoms with Gasteiger partial charge in [0.1, 0.15) is 6.04 Å². The zero-order valence-electron chi connectivity index (χ0n) is 20.5. The topological polar surface area (TPSA) is 86.8 Å². The molecule has 0 aromatic heterocycles. The van der Waals surface area contributed by atoms with Crippen LogP contribution in [0.5, 0.6) is 0 Å². The molecule has 0 saturated heterocycles. The minimum Gasteiger partial charge on any atom is -0.354 e. The Morgan fingerprint density at radius 1 is 1.09 bits per heavy atom. The van der Waals surface area contributed by atoms with Gasteiger partial charge in [-0.1, -0.05) is 59.6 Å². The quantitative estimate of drug-likeness (QED) is 0.386. The summed E-state index contributed by atoms with van der Waals surface area (Å²) in [6, 6.07) is 13.5. The Morgan fingerprint density at radius 3 is 2.31 bits per heavy atom. The van der Waals surface area contributed by atoms with Crippen LogP contribution in [-0.2, 0) is 26.2 Å². The Morgan fingerprint density at radius 2 is 1.74 bits per heavy atom. The summed E-state index contributed by atoms with van der Waals surface area (Å²) < 4.78 is 26.9. The number of carbonyl (C=O) groups is 2. The van der Waals surface area contributed by atoms with Gasteiger partial charge in [0.05, 0.1) is 11.9 Å². The van der Waals surface area contributed by atoms with E-state index in [4.69, 9.17) is 11.6 Å². The molecule has 0 aliphatic rings. The Kier molecular flexibility index (Phi) is 11.0. The molecule has 0 saturated carbocycles. The lowest BCUT2D eigenvalue weighted by Gasteiger charge is -2.29. The number of amides is 2. The normalized spacial score (nSPS) is 12.3. The largest absolute Gasteiger partial charge is 0.354 e. The zero-order valence-corrected chi connectivity index (χ0v) is 23.7. The van der Waals surface area contributed by atoms with E-state index in [0.717, 1.165) is 16.3 Å². The fourth-order valence-electron chi connectivity index (χ4n) is 3.46. The molecule has 1 atom stereocenters. The van der Waals surface area contributed by atoms with Gasteiger partial charge >= 0.3 is 0 Å². The molecule has 0 aliphatic carbocycles. The molecule has 2 aromatic carbocycles. The lowest BCUT2D eigenvalue weighted by Crippen LogP contribution is -2.48. The van der Waals surface area contributed by atoms with Gasteiger partial charge in [-0.05, 0) is 55.2 Å². The molecular weight excluding hydrogens is 554 g/mol. The van der Waals surface area contributed by atoms with Crippen LogP contribution >= 0.6 is 27.5 Å². The van der Waals surface area contributed by atoms with Crippen LogP contribution in [0.1, 0.15) is 39.2 Å². The molecule has 0 bridgehead atoms. The molecule has 0 fully saturated rings. The number of anilines is 1. The van der Waals surface area contributed by atoms with E-state index in [1.165, 1.54) is 4.31 Å². The van der Waals surface area contributed by atoms with Gasteiger partial charge in [-0.2, -0.15) is 0 Å². The number of nitrogens with zero attached hydrogens (tertiary/aromatic N) is 2. The van der Waals surface area contributed by atoms with E-state index in [0.29, 0.717) is 17.3 Å². The minimum absolute atomic E-state index is 0.0882. The maximum Gasteiger partial charge on any atom is 0.242 e. The van der Waals surface area contributed by atoms with Crippen LogP contribution < -0.4 is 9.62 Å². The Bertz CT molecular complexity index is 1110. The predicted octanol–water partition coefficient (Wildman–Crippen LogP) is 4.84. The SMILES string of the molecule is CC(C)CNC(=O)[C@@H](C)N(Cc1ccc(Br)cc1)C(=O)CCCN(c1cccc(Cl)c1)S(C)(=O)=O. The number of halogens is 2. The Labute approximate surface area is 222 Å². The molecule has 35 heavy (non-hydrogen) atoms. The van der Waals surface area contributed by atoms with Gasteiger partial charge in [-0.15, -0.1) is 0 Å². The molecule has 2 amide bonds. The number of hydrogen-bond donors (Lipinski definition) is 1. The first-order chi connectivity index (χ1) is 16.4. The average Bonchev–Trinajstić information content (AvgIpc) is 2.78. The van der Waals surface area contributed by atoms with Crippen LogP contribution in [0, 0.1) is 5.92 Å². The van der Waals surface area contributed by atoms with Crippen LogP contribution in [0.25, 0.3) is 0 Å². The average molecular weight is 587 g/mol. The smallest absolute Gasteiger partial charge is 0.242 e. The first kappa shape index (κ1) is 29.1. The van der Waals surface area contributed by atoms with Gasteiger partial charge in [0.15, 0.2) is 0 Å². The standard InChI is InChI=1S/C25H33BrClN3O4S/c1-18(2)16-28-25(32)19(3)29(17-20-10-12-21(26)13-11-20)24(31)9-6-14-30(35(4,33)34)23-8-5-7-22(27)15-23/h5,7-8,10-13,15,18-19H,6,9,14,16-17H2,1-4H3,(H,28,32)/t19-/m1/s1. The van der Waals surface area contributed by atoms with Crippen LogP contribution in [0.3, 0.4) is 0 Å². The van der Waals surface area contributed by atoms with Crippen molar-refractivity contribution in [2.45, 2.75) is 46.2 Å². The van der Waals surface area contributed by atoms with Gasteiger partial charge in [-0.3, -0.25) is 13.9 Å². The summed E-state index contributed by atoms with van der Waals surface area (Å²) in [5.41, 5.74) is 1.34. The monoisotopic (exact) mass is 585 g/mol. The van der Waals surface area contributed by atoms with Crippen molar-refractivity contribution in [3.8, 4) is 0 Å². The van der Waals surface area contributed by atoms with Crippen molar-refractivity contribution >= 4 is 55.1 Å². The number of rotatable bonds is 12. The third-order valence-corrected chi connectivity index (χ3v) is 7.32. The third kappa shape index (κ3) is 9.46. The summed E-state index contributed by atoms with van der Waals surface area (Å²) in [5.74, 6) is -0.157. The van der Waals surface area contributed by atoms with E-state index in [1.807, 2.05) is 38.1 Å². The van der Waals surface area contributed by atoms with Gasteiger partial charge < -0.3 is 10.2 Å². The lowest BCUT2D eigenvalue weighted by atomic mass is 10.1. The fourth-order valence-corrected chi connectivity index (χ4v) is 4.86. The second-order valence-electron chi connectivity index (χ2n) is 8.88. The van der Waals surface area contributed by atoms with E-state index >= 15 is 0 Å². The highest BCUT2D eigenvalue weighted by Crippen LogP contribution is 2.23. The predicted molar refractivity (Wildman–Crippen MR) is 145 cm³/mol. The van der Waals surface area contributed by atoms with E-state index < -0.39 is 16.1 Å². The summed E-state index contributed by atoms with van der Waals surface area (Å²) in [6.07, 6.45) is 1.50. The Balaban J connectivity index is 2.15. The number of sulfonamides is 1. The van der Waals surface area contributed by atoms with Crippen molar-refractivity contribution in [1.29, 1.82) is 0 Å². The molecule has 10 heteroatoms. The molecule has 0 unspecified atom stereocenters. The second-order valence-corrected chi connectivity index (χ2v) is 12.1. The summed E-state index contributed by atoms with van der Waals surface area (Å²) in [5, 5.41) is 3.32. The van der Waals surface area contributed by atoms with E-state index in [1.54, 1.807) is 36.1 Å². The highest BCUT2D eigenvalue weighted by molar-refractivity contribution is 9.10. The van der Waals surface area contributed by atoms with Gasteiger partial charge in [0, 0.05) is 35.6 Å². The highest BCUT2D eigenvalue weighted by atomic mass is 79.9. The summed E-state index contributed by atoms with van der Waals surface area (Å²) >= 11 is 9.45. The maximum atomic E-state index is 13.3. The van der Waals surface area contributed by atoms with Gasteiger partial charge in [0.25, 0.3) is 0 Å². The molecule has 7 nitrogen and oxygen atoms in total. The van der Waals surface area contributed by atoms with Crippen LogP contribution in [-0.4, -0.2) is 50.5 Å². The zero-order chi connectivity index (χ0) is 26.2. The Hall–Kier alpha value is -2.10. The maximum absolute atomic E-state index is 13.3. The molecule has 2 rings (SSSR count). The van der Waals surface area contributed by atoms with Gasteiger partial charge in [0.2, 0.25) is 21.8 Å². The highest BCUT2D eigenvalue weighted by Gasteiger charge is 2.26. The molecular formula is C25H33BrClN3O4S. The summed E-state index contributed by atoms with van der Waals surface area (Å²) in [4.78, 5) is 27.6. The van der Waals surface area contributed by atoms with Crippen molar-refractivity contribution in [3.05, 3.63) is 63.6 Å². The number of carbonyl (C=O) groups excluding carboxylic acids is 2. The number of hydrogen-bond acceptors (Lipinski definition) is 4. The van der Waals surface area contributed by atoms with Crippen molar-refractivity contribution in [2.75, 3.05) is 23.7 Å². The minimum atomic E-state index is -3.57. The number of nitrogens with one attached hydrogen (secondary N) is 1. The first-order valence-corrected chi connectivity index (χ1v) is 14.4. The number of benzene rings is 2. The van der Waals surface area contributed by atoms with E-state index in [2.05, 4.69) is 21.2 Å². The van der Waals surface area contributed by atoms with E-state index in [9.17, 15) is 18.0 Å². The van der Waals surface area contributed by atoms with Crippen molar-refractivity contribution in [2.24, 2.45) is 5.92 Å². The van der Waals surface area contributed by atoms with Gasteiger partial charge in [-0.25, -0.2) is 8.42 Å². The molecule has 0 heterocycles.